The standard InChI is InChI=1S/C19H21ClO6/c1-10-7-16-15(26-16)6-4-2-3-5-11(21)8-12-17(19(24)25-10)13(22)9-14(23)18(12)20/h2-3,9-10,15-16,22-23H,4-8H2,1H3/t10-,15?,16?/m0/s1. The number of carbonyl (C=O) groups is 2. The first-order valence-corrected chi connectivity index (χ1v) is 9.01. The summed E-state index contributed by atoms with van der Waals surface area (Å²) in [4.78, 5) is 24.8. The van der Waals surface area contributed by atoms with Crippen molar-refractivity contribution in [1.82, 2.24) is 0 Å². The smallest absolute Gasteiger partial charge is 0.342 e. The van der Waals surface area contributed by atoms with E-state index in [9.17, 15) is 19.8 Å². The van der Waals surface area contributed by atoms with Crippen molar-refractivity contribution in [3.05, 3.63) is 34.4 Å². The van der Waals surface area contributed by atoms with E-state index < -0.39 is 17.8 Å². The maximum atomic E-state index is 12.6. The summed E-state index contributed by atoms with van der Waals surface area (Å²) in [7, 11) is 0. The zero-order valence-corrected chi connectivity index (χ0v) is 15.2. The average Bonchev–Trinajstić information content (AvgIpc) is 3.28. The molecular formula is C19H21ClO6. The second-order valence-electron chi connectivity index (χ2n) is 6.72. The Hall–Kier alpha value is -2.05. The summed E-state index contributed by atoms with van der Waals surface area (Å²) in [5.41, 5.74) is -0.102. The van der Waals surface area contributed by atoms with Gasteiger partial charge in [0.2, 0.25) is 0 Å². The molecule has 2 aliphatic rings. The lowest BCUT2D eigenvalue weighted by atomic mass is 9.99. The Morgan fingerprint density at radius 2 is 1.92 bits per heavy atom. The Balaban J connectivity index is 1.94. The monoisotopic (exact) mass is 380 g/mol. The fourth-order valence-corrected chi connectivity index (χ4v) is 3.41. The van der Waals surface area contributed by atoms with Crippen molar-refractivity contribution in [3.8, 4) is 11.5 Å². The normalized spacial score (nSPS) is 26.9. The fourth-order valence-electron chi connectivity index (χ4n) is 3.20. The molecule has 6 nitrogen and oxygen atoms in total. The van der Waals surface area contributed by atoms with Gasteiger partial charge in [0.05, 0.1) is 17.2 Å². The highest BCUT2D eigenvalue weighted by Gasteiger charge is 2.39. The summed E-state index contributed by atoms with van der Waals surface area (Å²) in [5.74, 6) is -1.82. The van der Waals surface area contributed by atoms with Gasteiger partial charge in [-0.3, -0.25) is 4.79 Å². The zero-order chi connectivity index (χ0) is 18.8. The Morgan fingerprint density at radius 1 is 1.15 bits per heavy atom. The van der Waals surface area contributed by atoms with Crippen LogP contribution in [0.3, 0.4) is 0 Å². The van der Waals surface area contributed by atoms with E-state index in [1.165, 1.54) is 0 Å². The van der Waals surface area contributed by atoms with Gasteiger partial charge >= 0.3 is 5.97 Å². The second kappa shape index (κ2) is 7.68. The van der Waals surface area contributed by atoms with E-state index in [2.05, 4.69) is 0 Å². The van der Waals surface area contributed by atoms with E-state index >= 15 is 0 Å². The Kier molecular flexibility index (Phi) is 5.53. The molecule has 0 bridgehead atoms. The summed E-state index contributed by atoms with van der Waals surface area (Å²) in [6.07, 6.45) is 5.70. The number of cyclic esters (lactones) is 1. The van der Waals surface area contributed by atoms with Crippen LogP contribution < -0.4 is 0 Å². The number of ether oxygens (including phenoxy) is 2. The number of rotatable bonds is 0. The van der Waals surface area contributed by atoms with Crippen LogP contribution in [0.1, 0.15) is 48.5 Å². The molecule has 2 aliphatic heterocycles. The quantitative estimate of drug-likeness (QED) is 0.407. The molecule has 0 saturated carbocycles. The van der Waals surface area contributed by atoms with Gasteiger partial charge in [0, 0.05) is 30.9 Å². The molecule has 140 valence electrons. The van der Waals surface area contributed by atoms with Crippen LogP contribution in [-0.4, -0.2) is 40.3 Å². The van der Waals surface area contributed by atoms with E-state index in [1.807, 2.05) is 6.08 Å². The van der Waals surface area contributed by atoms with Gasteiger partial charge in [-0.15, -0.1) is 0 Å². The van der Waals surface area contributed by atoms with Gasteiger partial charge in [0.15, 0.2) is 0 Å². The molecule has 2 N–H and O–H groups in total. The van der Waals surface area contributed by atoms with Crippen LogP contribution in [0.4, 0.5) is 0 Å². The summed E-state index contributed by atoms with van der Waals surface area (Å²) in [6.45, 7) is 1.75. The minimum Gasteiger partial charge on any atom is -0.507 e. The topological polar surface area (TPSA) is 96.4 Å². The number of benzene rings is 1. The molecule has 1 aromatic rings. The molecule has 1 aromatic carbocycles. The minimum absolute atomic E-state index is 0.0504. The number of Topliss-reactive ketones (excluding diaryl/α,β-unsaturated/α-hetero) is 1. The molecule has 0 spiro atoms. The van der Waals surface area contributed by atoms with Crippen LogP contribution >= 0.6 is 11.6 Å². The summed E-state index contributed by atoms with van der Waals surface area (Å²) >= 11 is 6.10. The molecule has 3 atom stereocenters. The second-order valence-corrected chi connectivity index (χ2v) is 7.09. The highest BCUT2D eigenvalue weighted by Crippen LogP contribution is 2.38. The van der Waals surface area contributed by atoms with Crippen molar-refractivity contribution < 1.29 is 29.3 Å². The number of carbonyl (C=O) groups excluding carboxylic acids is 2. The number of ketones is 1. The van der Waals surface area contributed by atoms with Gasteiger partial charge in [-0.05, 0) is 19.8 Å². The van der Waals surface area contributed by atoms with Crippen molar-refractivity contribution in [3.63, 3.8) is 0 Å². The van der Waals surface area contributed by atoms with Crippen molar-refractivity contribution in [2.75, 3.05) is 0 Å². The Morgan fingerprint density at radius 3 is 2.69 bits per heavy atom. The van der Waals surface area contributed by atoms with Crippen LogP contribution in [0, 0.1) is 0 Å². The van der Waals surface area contributed by atoms with Crippen LogP contribution in [0.5, 0.6) is 11.5 Å². The molecule has 1 saturated heterocycles. The number of epoxide rings is 1. The van der Waals surface area contributed by atoms with Crippen LogP contribution in [-0.2, 0) is 20.7 Å². The van der Waals surface area contributed by atoms with Crippen molar-refractivity contribution in [1.29, 1.82) is 0 Å². The molecule has 0 radical (unpaired) electrons. The van der Waals surface area contributed by atoms with E-state index in [-0.39, 0.29) is 52.7 Å². The lowest BCUT2D eigenvalue weighted by Crippen LogP contribution is -2.19. The molecule has 0 aliphatic carbocycles. The molecule has 7 heteroatoms. The van der Waals surface area contributed by atoms with Crippen LogP contribution in [0.15, 0.2) is 18.2 Å². The van der Waals surface area contributed by atoms with Gasteiger partial charge in [0.1, 0.15) is 28.9 Å². The van der Waals surface area contributed by atoms with Gasteiger partial charge in [-0.2, -0.15) is 0 Å². The number of allylic oxidation sites excluding steroid dienone is 2. The zero-order valence-electron chi connectivity index (χ0n) is 14.4. The molecule has 0 aromatic heterocycles. The highest BCUT2D eigenvalue weighted by molar-refractivity contribution is 6.33. The number of hydrogen-bond acceptors (Lipinski definition) is 6. The molecule has 1 fully saturated rings. The van der Waals surface area contributed by atoms with E-state index in [1.54, 1.807) is 13.0 Å². The summed E-state index contributed by atoms with van der Waals surface area (Å²) < 4.78 is 11.0. The number of fused-ring (bicyclic) bond motifs is 2. The first-order chi connectivity index (χ1) is 12.4. The van der Waals surface area contributed by atoms with Gasteiger partial charge in [-0.25, -0.2) is 4.79 Å². The lowest BCUT2D eigenvalue weighted by molar-refractivity contribution is -0.117. The number of halogens is 1. The fraction of sp³-hybridized carbons (Fsp3) is 0.474. The first kappa shape index (κ1) is 18.7. The third-order valence-electron chi connectivity index (χ3n) is 4.59. The van der Waals surface area contributed by atoms with Crippen molar-refractivity contribution in [2.45, 2.75) is 57.3 Å². The predicted octanol–water partition coefficient (Wildman–Crippen LogP) is 3.31. The van der Waals surface area contributed by atoms with E-state index in [0.29, 0.717) is 6.42 Å². The van der Waals surface area contributed by atoms with Gasteiger partial charge < -0.3 is 19.7 Å². The Labute approximate surface area is 156 Å². The number of esters is 1. The SMILES string of the molecule is C[C@H]1CC2OC2CCC=CCC(=O)Cc2c(Cl)c(O)cc(O)c2C(=O)O1. The first-order valence-electron chi connectivity index (χ1n) is 8.63. The maximum absolute atomic E-state index is 12.6. The third kappa shape index (κ3) is 4.19. The molecule has 2 unspecified atom stereocenters. The van der Waals surface area contributed by atoms with Crippen LogP contribution in [0.2, 0.25) is 5.02 Å². The molecule has 26 heavy (non-hydrogen) atoms. The number of hydrogen-bond donors (Lipinski definition) is 2. The molecule has 0 amide bonds. The number of phenolic OH excluding ortho intramolecular Hbond substituents is 2. The maximum Gasteiger partial charge on any atom is 0.342 e. The van der Waals surface area contributed by atoms with Crippen molar-refractivity contribution >= 4 is 23.4 Å². The Bertz CT molecular complexity index is 757. The van der Waals surface area contributed by atoms with Gasteiger partial charge in [-0.1, -0.05) is 23.8 Å². The van der Waals surface area contributed by atoms with Crippen molar-refractivity contribution in [2.24, 2.45) is 0 Å². The van der Waals surface area contributed by atoms with E-state index in [0.717, 1.165) is 18.9 Å². The molecular weight excluding hydrogens is 360 g/mol. The summed E-state index contributed by atoms with van der Waals surface area (Å²) in [6, 6.07) is 0.978. The third-order valence-corrected chi connectivity index (χ3v) is 5.01. The minimum atomic E-state index is -0.776. The van der Waals surface area contributed by atoms with E-state index in [4.69, 9.17) is 21.1 Å². The number of aromatic hydroxyl groups is 2. The largest absolute Gasteiger partial charge is 0.507 e. The number of phenols is 2. The predicted molar refractivity (Wildman–Crippen MR) is 94.6 cm³/mol. The molecule has 3 rings (SSSR count). The average molecular weight is 381 g/mol. The highest BCUT2D eigenvalue weighted by atomic mass is 35.5. The van der Waals surface area contributed by atoms with Crippen LogP contribution in [0.25, 0.3) is 0 Å². The van der Waals surface area contributed by atoms with Gasteiger partial charge in [0.25, 0.3) is 0 Å². The summed E-state index contributed by atoms with van der Waals surface area (Å²) in [5, 5.41) is 19.9. The lowest BCUT2D eigenvalue weighted by Gasteiger charge is -2.16. The molecule has 2 heterocycles.